The topological polar surface area (TPSA) is 119 Å². The number of thiazole rings is 1. The van der Waals surface area contributed by atoms with E-state index in [-0.39, 0.29) is 5.69 Å². The summed E-state index contributed by atoms with van der Waals surface area (Å²) in [5.41, 5.74) is 1.90. The normalized spacial score (nSPS) is 11.7. The lowest BCUT2D eigenvalue weighted by atomic mass is 10.2. The van der Waals surface area contributed by atoms with E-state index in [0.29, 0.717) is 33.1 Å². The van der Waals surface area contributed by atoms with Crippen LogP contribution in [0.2, 0.25) is 0 Å². The second-order valence-corrected chi connectivity index (χ2v) is 9.46. The van der Waals surface area contributed by atoms with Crippen LogP contribution in [0.25, 0.3) is 11.3 Å². The van der Waals surface area contributed by atoms with E-state index in [1.165, 1.54) is 46.5 Å². The van der Waals surface area contributed by atoms with Gasteiger partial charge in [-0.25, -0.2) is 9.97 Å². The van der Waals surface area contributed by atoms with Gasteiger partial charge in [-0.05, 0) is 24.3 Å². The minimum absolute atomic E-state index is 0.262. The molecule has 0 unspecified atom stereocenters. The molecule has 4 aromatic rings. The lowest BCUT2D eigenvalue weighted by Crippen LogP contribution is -2.29. The van der Waals surface area contributed by atoms with Crippen molar-refractivity contribution >= 4 is 43.7 Å². The second kappa shape index (κ2) is 9.19. The summed E-state index contributed by atoms with van der Waals surface area (Å²) in [6, 6.07) is 17.9. The van der Waals surface area contributed by atoms with Crippen molar-refractivity contribution in [1.82, 2.24) is 9.97 Å². The largest absolute Gasteiger partial charge is 0.516 e. The summed E-state index contributed by atoms with van der Waals surface area (Å²) in [5, 5.41) is 3.71. The summed E-state index contributed by atoms with van der Waals surface area (Å²) in [5.74, 6) is 0.722. The number of sulfonamides is 1. The molecule has 176 valence electrons. The number of rotatable bonds is 7. The molecule has 0 saturated heterocycles. The molecule has 0 atom stereocenters. The molecule has 0 radical (unpaired) electrons. The Bertz CT molecular complexity index is 1410. The first-order valence-electron chi connectivity index (χ1n) is 9.52. The van der Waals surface area contributed by atoms with Gasteiger partial charge in [0.15, 0.2) is 5.13 Å². The molecule has 0 fully saturated rings. The zero-order chi connectivity index (χ0) is 24.3. The van der Waals surface area contributed by atoms with E-state index in [1.54, 1.807) is 12.1 Å². The predicted octanol–water partition coefficient (Wildman–Crippen LogP) is 5.58. The molecule has 0 aliphatic heterocycles. The van der Waals surface area contributed by atoms with Crippen LogP contribution in [0.5, 0.6) is 10.8 Å². The maximum Gasteiger partial charge on any atom is 0.516 e. The lowest BCUT2D eigenvalue weighted by Gasteiger charge is -2.12. The number of nitrogens with one attached hydrogen (secondary N) is 2. The van der Waals surface area contributed by atoms with Crippen LogP contribution in [-0.2, 0) is 10.0 Å². The van der Waals surface area contributed by atoms with Gasteiger partial charge in [0.1, 0.15) is 17.3 Å². The van der Waals surface area contributed by atoms with E-state index in [9.17, 15) is 21.6 Å². The molecule has 0 aliphatic rings. The summed E-state index contributed by atoms with van der Waals surface area (Å²) >= 11 is 1.17. The first-order chi connectivity index (χ1) is 16.1. The number of nitrogen functional groups attached to an aromatic ring is 1. The minimum atomic E-state index is -5.54. The number of pyridine rings is 1. The van der Waals surface area contributed by atoms with Crippen LogP contribution >= 0.6 is 11.3 Å². The average molecular weight is 508 g/mol. The maximum atomic E-state index is 12.6. The lowest BCUT2D eigenvalue weighted by molar-refractivity contribution is -0.0429. The van der Waals surface area contributed by atoms with Gasteiger partial charge in [-0.15, -0.1) is 0 Å². The summed E-state index contributed by atoms with van der Waals surface area (Å²) in [6.45, 7) is 0. The fourth-order valence-electron chi connectivity index (χ4n) is 2.84. The quantitative estimate of drug-likeness (QED) is 0.299. The standard InChI is InChI=1S/C21H16F3N5O3S2/c22-21(23,24)34(30,31)29-15-8-4-7-14(11-15)27-17-12-16(9-10-26-17)32-19-18(28-20(25)33-19)13-5-2-1-3-6-13/h1-12,29H,(H2,25,28)(H,26,27). The smallest absolute Gasteiger partial charge is 0.444 e. The number of hydrogen-bond acceptors (Lipinski definition) is 8. The monoisotopic (exact) mass is 507 g/mol. The Labute approximate surface area is 196 Å². The van der Waals surface area contributed by atoms with Crippen molar-refractivity contribution < 1.29 is 26.3 Å². The molecule has 4 N–H and O–H groups in total. The van der Waals surface area contributed by atoms with Gasteiger partial charge >= 0.3 is 15.5 Å². The first kappa shape index (κ1) is 23.3. The van der Waals surface area contributed by atoms with Gasteiger partial charge in [0.05, 0.1) is 5.69 Å². The molecule has 2 aromatic carbocycles. The van der Waals surface area contributed by atoms with Crippen molar-refractivity contribution in [1.29, 1.82) is 0 Å². The van der Waals surface area contributed by atoms with Crippen molar-refractivity contribution in [3.63, 3.8) is 0 Å². The minimum Gasteiger partial charge on any atom is -0.444 e. The van der Waals surface area contributed by atoms with Crippen LogP contribution in [-0.4, -0.2) is 23.9 Å². The molecule has 0 aliphatic carbocycles. The molecular formula is C21H16F3N5O3S2. The number of nitrogens with zero attached hydrogens (tertiary/aromatic N) is 2. The highest BCUT2D eigenvalue weighted by Gasteiger charge is 2.46. The molecule has 34 heavy (non-hydrogen) atoms. The van der Waals surface area contributed by atoms with Crippen LogP contribution < -0.4 is 20.5 Å². The molecular weight excluding hydrogens is 491 g/mol. The third-order valence-electron chi connectivity index (χ3n) is 4.29. The fraction of sp³-hybridized carbons (Fsp3) is 0.0476. The summed E-state index contributed by atoms with van der Waals surface area (Å²) in [7, 11) is -5.54. The Kier molecular flexibility index (Phi) is 6.30. The van der Waals surface area contributed by atoms with Gasteiger partial charge in [0.2, 0.25) is 5.06 Å². The Balaban J connectivity index is 1.53. The zero-order valence-electron chi connectivity index (χ0n) is 17.1. The van der Waals surface area contributed by atoms with E-state index < -0.39 is 15.5 Å². The second-order valence-electron chi connectivity index (χ2n) is 6.79. The Morgan fingerprint density at radius 3 is 2.44 bits per heavy atom. The van der Waals surface area contributed by atoms with Gasteiger partial charge < -0.3 is 15.8 Å². The van der Waals surface area contributed by atoms with E-state index in [2.05, 4.69) is 15.3 Å². The molecule has 0 saturated carbocycles. The SMILES string of the molecule is Nc1nc(-c2ccccc2)c(Oc2ccnc(Nc3cccc(NS(=O)(=O)C(F)(F)F)c3)c2)s1. The first-order valence-corrected chi connectivity index (χ1v) is 11.8. The molecule has 0 bridgehead atoms. The van der Waals surface area contributed by atoms with Crippen LogP contribution in [0.1, 0.15) is 0 Å². The highest BCUT2D eigenvalue weighted by Crippen LogP contribution is 2.39. The van der Waals surface area contributed by atoms with Crippen LogP contribution in [0.4, 0.5) is 35.5 Å². The van der Waals surface area contributed by atoms with E-state index >= 15 is 0 Å². The molecule has 8 nitrogen and oxygen atoms in total. The number of ether oxygens (including phenoxy) is 1. The summed E-state index contributed by atoms with van der Waals surface area (Å²) in [4.78, 5) is 8.49. The van der Waals surface area contributed by atoms with Gasteiger partial charge in [-0.3, -0.25) is 4.72 Å². The molecule has 13 heteroatoms. The predicted molar refractivity (Wildman–Crippen MR) is 125 cm³/mol. The number of halogens is 3. The van der Waals surface area contributed by atoms with Gasteiger partial charge in [-0.1, -0.05) is 47.7 Å². The molecule has 4 rings (SSSR count). The number of hydrogen-bond donors (Lipinski definition) is 3. The maximum absolute atomic E-state index is 12.6. The number of anilines is 4. The van der Waals surface area contributed by atoms with E-state index in [0.717, 1.165) is 5.56 Å². The summed E-state index contributed by atoms with van der Waals surface area (Å²) < 4.78 is 68.0. The van der Waals surface area contributed by atoms with Crippen molar-refractivity contribution in [2.24, 2.45) is 0 Å². The fourth-order valence-corrected chi connectivity index (χ4v) is 4.12. The Hall–Kier alpha value is -3.84. The van der Waals surface area contributed by atoms with Crippen LogP contribution in [0, 0.1) is 0 Å². The highest BCUT2D eigenvalue weighted by molar-refractivity contribution is 7.93. The number of nitrogens with two attached hydrogens (primary N) is 1. The third kappa shape index (κ3) is 5.38. The highest BCUT2D eigenvalue weighted by atomic mass is 32.2. The van der Waals surface area contributed by atoms with Gasteiger partial charge in [0.25, 0.3) is 0 Å². The molecule has 2 aromatic heterocycles. The van der Waals surface area contributed by atoms with Crippen LogP contribution in [0.3, 0.4) is 0 Å². The van der Waals surface area contributed by atoms with E-state index in [4.69, 9.17) is 10.5 Å². The molecule has 2 heterocycles. The molecule has 0 spiro atoms. The summed E-state index contributed by atoms with van der Waals surface area (Å²) in [6.07, 6.45) is 1.47. The number of aromatic nitrogens is 2. The number of alkyl halides is 3. The Morgan fingerprint density at radius 1 is 0.971 bits per heavy atom. The van der Waals surface area contributed by atoms with Crippen molar-refractivity contribution in [3.8, 4) is 22.1 Å². The zero-order valence-corrected chi connectivity index (χ0v) is 18.7. The van der Waals surface area contributed by atoms with Gasteiger partial charge in [0, 0.05) is 23.5 Å². The van der Waals surface area contributed by atoms with Crippen molar-refractivity contribution in [3.05, 3.63) is 72.9 Å². The van der Waals surface area contributed by atoms with E-state index in [1.807, 2.05) is 30.3 Å². The molecule has 0 amide bonds. The average Bonchev–Trinajstić information content (AvgIpc) is 3.14. The van der Waals surface area contributed by atoms with Gasteiger partial charge in [-0.2, -0.15) is 21.6 Å². The van der Waals surface area contributed by atoms with Crippen molar-refractivity contribution in [2.75, 3.05) is 15.8 Å². The van der Waals surface area contributed by atoms with Crippen LogP contribution in [0.15, 0.2) is 72.9 Å². The Morgan fingerprint density at radius 2 is 1.71 bits per heavy atom. The number of benzene rings is 2. The third-order valence-corrected chi connectivity index (χ3v) is 6.17. The van der Waals surface area contributed by atoms with Crippen molar-refractivity contribution in [2.45, 2.75) is 5.51 Å².